The van der Waals surface area contributed by atoms with Crippen molar-refractivity contribution in [3.63, 3.8) is 0 Å². The molecule has 0 aliphatic carbocycles. The van der Waals surface area contributed by atoms with Crippen molar-refractivity contribution in [1.82, 2.24) is 10.6 Å². The molecule has 2 aromatic carbocycles. The van der Waals surface area contributed by atoms with Gasteiger partial charge in [0.15, 0.2) is 0 Å². The van der Waals surface area contributed by atoms with E-state index in [2.05, 4.69) is 10.6 Å². The third-order valence-electron chi connectivity index (χ3n) is 4.62. The van der Waals surface area contributed by atoms with Crippen LogP contribution < -0.4 is 10.6 Å². The lowest BCUT2D eigenvalue weighted by Crippen LogP contribution is -2.29. The summed E-state index contributed by atoms with van der Waals surface area (Å²) in [6, 6.07) is 9.04. The highest BCUT2D eigenvalue weighted by Crippen LogP contribution is 2.42. The lowest BCUT2D eigenvalue weighted by atomic mass is 9.81. The largest absolute Gasteiger partial charge is 0.355 e. The quantitative estimate of drug-likeness (QED) is 0.753. The number of amides is 1. The second-order valence-corrected chi connectivity index (χ2v) is 7.34. The Morgan fingerprint density at radius 3 is 2.36 bits per heavy atom. The normalized spacial score (nSPS) is 15.2. The Labute approximate surface area is 162 Å². The standard InChI is InChI=1S/C19H19Cl3N2O/c1-23-19(25)13-3-5-15(21)18(12-2-4-14(20)16(22)10-12)17(13)11-6-8-24-9-7-11/h2-5,10-11,24H,6-9H2,1H3,(H,23,25). The summed E-state index contributed by atoms with van der Waals surface area (Å²) in [5, 5.41) is 7.67. The average Bonchev–Trinajstić information content (AvgIpc) is 2.64. The van der Waals surface area contributed by atoms with Gasteiger partial charge >= 0.3 is 0 Å². The van der Waals surface area contributed by atoms with Crippen molar-refractivity contribution in [3.8, 4) is 11.1 Å². The molecule has 1 aliphatic rings. The Balaban J connectivity index is 2.24. The minimum Gasteiger partial charge on any atom is -0.355 e. The molecule has 2 aromatic rings. The van der Waals surface area contributed by atoms with Crippen LogP contribution >= 0.6 is 34.8 Å². The average molecular weight is 398 g/mol. The molecule has 25 heavy (non-hydrogen) atoms. The van der Waals surface area contributed by atoms with Crippen LogP contribution in [0.5, 0.6) is 0 Å². The second-order valence-electron chi connectivity index (χ2n) is 6.12. The molecule has 0 unspecified atom stereocenters. The number of carbonyl (C=O) groups is 1. The first kappa shape index (κ1) is 18.5. The summed E-state index contributed by atoms with van der Waals surface area (Å²) in [5.41, 5.74) is 3.40. The molecule has 3 nitrogen and oxygen atoms in total. The van der Waals surface area contributed by atoms with E-state index in [-0.39, 0.29) is 11.8 Å². The van der Waals surface area contributed by atoms with Crippen LogP contribution in [0, 0.1) is 0 Å². The summed E-state index contributed by atoms with van der Waals surface area (Å²) >= 11 is 18.9. The Bertz CT molecular complexity index is 801. The van der Waals surface area contributed by atoms with Gasteiger partial charge in [0.2, 0.25) is 0 Å². The number of hydrogen-bond donors (Lipinski definition) is 2. The summed E-state index contributed by atoms with van der Waals surface area (Å²) in [7, 11) is 1.64. The molecule has 2 N–H and O–H groups in total. The summed E-state index contributed by atoms with van der Waals surface area (Å²) < 4.78 is 0. The summed E-state index contributed by atoms with van der Waals surface area (Å²) in [4.78, 5) is 12.5. The smallest absolute Gasteiger partial charge is 0.251 e. The van der Waals surface area contributed by atoms with Gasteiger partial charge in [0, 0.05) is 23.2 Å². The molecule has 0 saturated carbocycles. The van der Waals surface area contributed by atoms with E-state index >= 15 is 0 Å². The maximum Gasteiger partial charge on any atom is 0.251 e. The van der Waals surface area contributed by atoms with Crippen LogP contribution in [0.15, 0.2) is 30.3 Å². The zero-order valence-corrected chi connectivity index (χ0v) is 16.1. The van der Waals surface area contributed by atoms with Crippen molar-refractivity contribution < 1.29 is 4.79 Å². The molecule has 1 saturated heterocycles. The van der Waals surface area contributed by atoms with Gasteiger partial charge in [0.05, 0.1) is 10.0 Å². The maximum absolute atomic E-state index is 12.5. The van der Waals surface area contributed by atoms with Gasteiger partial charge in [-0.2, -0.15) is 0 Å². The number of piperidine rings is 1. The van der Waals surface area contributed by atoms with E-state index in [1.54, 1.807) is 25.2 Å². The topological polar surface area (TPSA) is 41.1 Å². The first-order valence-electron chi connectivity index (χ1n) is 8.23. The molecule has 1 fully saturated rings. The van der Waals surface area contributed by atoms with Gasteiger partial charge in [-0.1, -0.05) is 40.9 Å². The molecule has 6 heteroatoms. The third-order valence-corrected chi connectivity index (χ3v) is 5.68. The van der Waals surface area contributed by atoms with Gasteiger partial charge in [-0.3, -0.25) is 4.79 Å². The highest BCUT2D eigenvalue weighted by atomic mass is 35.5. The van der Waals surface area contributed by atoms with Gasteiger partial charge in [-0.05, 0) is 67.2 Å². The molecule has 1 heterocycles. The molecular formula is C19H19Cl3N2O. The van der Waals surface area contributed by atoms with Crippen molar-refractivity contribution in [2.75, 3.05) is 20.1 Å². The van der Waals surface area contributed by atoms with Gasteiger partial charge < -0.3 is 10.6 Å². The van der Waals surface area contributed by atoms with Crippen LogP contribution in [-0.4, -0.2) is 26.0 Å². The molecular weight excluding hydrogens is 379 g/mol. The summed E-state index contributed by atoms with van der Waals surface area (Å²) in [5.74, 6) is 0.156. The van der Waals surface area contributed by atoms with E-state index in [1.165, 1.54) is 0 Å². The van der Waals surface area contributed by atoms with Crippen LogP contribution in [0.2, 0.25) is 15.1 Å². The highest BCUT2D eigenvalue weighted by Gasteiger charge is 2.26. The van der Waals surface area contributed by atoms with Crippen molar-refractivity contribution in [2.45, 2.75) is 18.8 Å². The minimum atomic E-state index is -0.105. The number of hydrogen-bond acceptors (Lipinski definition) is 2. The molecule has 0 spiro atoms. The summed E-state index contributed by atoms with van der Waals surface area (Å²) in [6.07, 6.45) is 1.91. The highest BCUT2D eigenvalue weighted by molar-refractivity contribution is 6.42. The zero-order valence-electron chi connectivity index (χ0n) is 13.8. The number of nitrogens with one attached hydrogen (secondary N) is 2. The fourth-order valence-corrected chi connectivity index (χ4v) is 3.98. The van der Waals surface area contributed by atoms with Crippen LogP contribution in [0.1, 0.15) is 34.7 Å². The minimum absolute atomic E-state index is 0.105. The maximum atomic E-state index is 12.5. The van der Waals surface area contributed by atoms with E-state index in [1.807, 2.05) is 12.1 Å². The summed E-state index contributed by atoms with van der Waals surface area (Å²) in [6.45, 7) is 1.84. The first-order chi connectivity index (χ1) is 12.0. The molecule has 1 amide bonds. The van der Waals surface area contributed by atoms with Crippen molar-refractivity contribution in [1.29, 1.82) is 0 Å². The molecule has 0 radical (unpaired) electrons. The SMILES string of the molecule is CNC(=O)c1ccc(Cl)c(-c2ccc(Cl)c(Cl)c2)c1C1CCNCC1. The van der Waals surface area contributed by atoms with Crippen molar-refractivity contribution in [3.05, 3.63) is 56.5 Å². The Hall–Kier alpha value is -1.26. The van der Waals surface area contributed by atoms with Crippen LogP contribution in [-0.2, 0) is 0 Å². The van der Waals surface area contributed by atoms with Crippen LogP contribution in [0.25, 0.3) is 11.1 Å². The molecule has 3 rings (SSSR count). The van der Waals surface area contributed by atoms with E-state index in [0.29, 0.717) is 20.6 Å². The molecule has 1 aliphatic heterocycles. The lowest BCUT2D eigenvalue weighted by molar-refractivity contribution is 0.0961. The number of benzene rings is 2. The second kappa shape index (κ2) is 7.96. The predicted octanol–water partition coefficient (Wildman–Crippen LogP) is 5.14. The lowest BCUT2D eigenvalue weighted by Gasteiger charge is -2.28. The monoisotopic (exact) mass is 396 g/mol. The Kier molecular flexibility index (Phi) is 5.90. The predicted molar refractivity (Wildman–Crippen MR) is 105 cm³/mol. The van der Waals surface area contributed by atoms with E-state index < -0.39 is 0 Å². The van der Waals surface area contributed by atoms with E-state index in [0.717, 1.165) is 42.6 Å². The van der Waals surface area contributed by atoms with Crippen LogP contribution in [0.4, 0.5) is 0 Å². The van der Waals surface area contributed by atoms with E-state index in [4.69, 9.17) is 34.8 Å². The fourth-order valence-electron chi connectivity index (χ4n) is 3.41. The Morgan fingerprint density at radius 1 is 1.04 bits per heavy atom. The number of rotatable bonds is 3. The Morgan fingerprint density at radius 2 is 1.72 bits per heavy atom. The number of halogens is 3. The molecule has 132 valence electrons. The molecule has 0 aromatic heterocycles. The molecule has 0 atom stereocenters. The first-order valence-corrected chi connectivity index (χ1v) is 9.37. The molecule has 0 bridgehead atoms. The van der Waals surface area contributed by atoms with Gasteiger partial charge in [0.1, 0.15) is 0 Å². The van der Waals surface area contributed by atoms with Crippen LogP contribution in [0.3, 0.4) is 0 Å². The van der Waals surface area contributed by atoms with Gasteiger partial charge in [-0.15, -0.1) is 0 Å². The third kappa shape index (κ3) is 3.80. The zero-order chi connectivity index (χ0) is 18.0. The van der Waals surface area contributed by atoms with Crippen molar-refractivity contribution in [2.24, 2.45) is 0 Å². The van der Waals surface area contributed by atoms with Crippen molar-refractivity contribution >= 4 is 40.7 Å². The number of carbonyl (C=O) groups excluding carboxylic acids is 1. The fraction of sp³-hybridized carbons (Fsp3) is 0.316. The van der Waals surface area contributed by atoms with E-state index in [9.17, 15) is 4.79 Å². The van der Waals surface area contributed by atoms with Gasteiger partial charge in [0.25, 0.3) is 5.91 Å². The van der Waals surface area contributed by atoms with Gasteiger partial charge in [-0.25, -0.2) is 0 Å².